The first kappa shape index (κ1) is 22.2. The molecule has 134 valence electrons. The largest absolute Gasteiger partial charge is 0.573 e. The zero-order valence-electron chi connectivity index (χ0n) is 11.9. The first-order chi connectivity index (χ1) is 9.87. The van der Waals surface area contributed by atoms with Gasteiger partial charge in [-0.1, -0.05) is 12.1 Å². The fraction of sp³-hybridized carbons (Fsp3) is 0.538. The van der Waals surface area contributed by atoms with Crippen LogP contribution in [0.15, 0.2) is 24.3 Å². The Morgan fingerprint density at radius 1 is 1.09 bits per heavy atom. The highest BCUT2D eigenvalue weighted by atomic mass is 35.5. The zero-order valence-corrected chi connectivity index (χ0v) is 13.5. The van der Waals surface area contributed by atoms with Crippen LogP contribution in [0.1, 0.15) is 11.6 Å². The number of hydrogen-bond donors (Lipinski definition) is 1. The molecule has 2 rings (SSSR count). The fourth-order valence-electron chi connectivity index (χ4n) is 2.37. The summed E-state index contributed by atoms with van der Waals surface area (Å²) in [5.41, 5.74) is 0.119. The molecule has 1 aliphatic rings. The van der Waals surface area contributed by atoms with Crippen LogP contribution in [0.3, 0.4) is 0 Å². The Balaban J connectivity index is 0.00000242. The van der Waals surface area contributed by atoms with Crippen LogP contribution in [0.4, 0.5) is 22.0 Å². The van der Waals surface area contributed by atoms with Crippen LogP contribution in [-0.4, -0.2) is 43.9 Å². The van der Waals surface area contributed by atoms with Crippen molar-refractivity contribution in [2.45, 2.75) is 18.8 Å². The van der Waals surface area contributed by atoms with Gasteiger partial charge in [0.1, 0.15) is 5.75 Å². The summed E-state index contributed by atoms with van der Waals surface area (Å²) in [5.74, 6) is -0.485. The van der Waals surface area contributed by atoms with Crippen molar-refractivity contribution in [2.75, 3.05) is 26.2 Å². The summed E-state index contributed by atoms with van der Waals surface area (Å²) in [7, 11) is 0. The molecule has 10 heteroatoms. The summed E-state index contributed by atoms with van der Waals surface area (Å²) in [6.45, 7) is 1.97. The van der Waals surface area contributed by atoms with Gasteiger partial charge in [-0.25, -0.2) is 8.78 Å². The van der Waals surface area contributed by atoms with Crippen molar-refractivity contribution in [3.05, 3.63) is 29.8 Å². The van der Waals surface area contributed by atoms with Crippen molar-refractivity contribution < 1.29 is 26.7 Å². The third-order valence-corrected chi connectivity index (χ3v) is 3.22. The van der Waals surface area contributed by atoms with Crippen molar-refractivity contribution >= 4 is 24.8 Å². The molecule has 0 aliphatic carbocycles. The zero-order chi connectivity index (χ0) is 15.5. The summed E-state index contributed by atoms with van der Waals surface area (Å²) >= 11 is 0. The molecule has 0 amide bonds. The lowest BCUT2D eigenvalue weighted by Gasteiger charge is -2.34. The van der Waals surface area contributed by atoms with E-state index in [0.29, 0.717) is 26.2 Å². The molecule has 1 fully saturated rings. The van der Waals surface area contributed by atoms with Gasteiger partial charge in [-0.15, -0.1) is 38.0 Å². The molecule has 1 saturated heterocycles. The molecule has 3 nitrogen and oxygen atoms in total. The number of hydrogen-bond acceptors (Lipinski definition) is 3. The maximum absolute atomic E-state index is 13.3. The highest BCUT2D eigenvalue weighted by Gasteiger charge is 2.33. The Morgan fingerprint density at radius 2 is 1.70 bits per heavy atom. The summed E-state index contributed by atoms with van der Waals surface area (Å²) in [6.07, 6.45) is -7.53. The quantitative estimate of drug-likeness (QED) is 0.804. The number of nitrogens with one attached hydrogen (secondary N) is 1. The van der Waals surface area contributed by atoms with Crippen LogP contribution in [-0.2, 0) is 0 Å². The van der Waals surface area contributed by atoms with Gasteiger partial charge in [0.05, 0.1) is 6.04 Å². The second kappa shape index (κ2) is 9.46. The Labute approximate surface area is 143 Å². The van der Waals surface area contributed by atoms with Gasteiger partial charge in [0.25, 0.3) is 6.43 Å². The summed E-state index contributed by atoms with van der Waals surface area (Å²) < 4.78 is 67.0. The third kappa shape index (κ3) is 6.66. The number of nitrogens with zero attached hydrogens (tertiary/aromatic N) is 1. The molecule has 0 saturated carbocycles. The van der Waals surface area contributed by atoms with Crippen LogP contribution in [0.25, 0.3) is 0 Å². The maximum atomic E-state index is 13.3. The smallest absolute Gasteiger partial charge is 0.406 e. The van der Waals surface area contributed by atoms with E-state index in [2.05, 4.69) is 10.1 Å². The molecule has 0 bridgehead atoms. The molecular formula is C13H17Cl2F5N2O. The summed E-state index contributed by atoms with van der Waals surface area (Å²) in [4.78, 5) is 1.56. The number of rotatable bonds is 4. The van der Waals surface area contributed by atoms with Gasteiger partial charge >= 0.3 is 6.36 Å². The minimum absolute atomic E-state index is 0. The second-order valence-corrected chi connectivity index (χ2v) is 4.69. The van der Waals surface area contributed by atoms with Gasteiger partial charge in [-0.05, 0) is 17.7 Å². The van der Waals surface area contributed by atoms with Gasteiger partial charge in [0.2, 0.25) is 0 Å². The maximum Gasteiger partial charge on any atom is 0.573 e. The minimum Gasteiger partial charge on any atom is -0.406 e. The van der Waals surface area contributed by atoms with Gasteiger partial charge in [0.15, 0.2) is 0 Å². The number of alkyl halides is 5. The van der Waals surface area contributed by atoms with Crippen LogP contribution in [0, 0.1) is 0 Å². The standard InChI is InChI=1S/C13H15F5N2O.2ClH/c14-12(15)11(20-6-4-19-5-7-20)9-2-1-3-10(8-9)21-13(16,17)18;;/h1-3,8,11-12,19H,4-7H2;2*1H/t11-;;/m1../s1. The number of benzene rings is 1. The Morgan fingerprint density at radius 3 is 2.22 bits per heavy atom. The van der Waals surface area contributed by atoms with Gasteiger partial charge in [-0.2, -0.15) is 0 Å². The normalized spacial score (nSPS) is 17.1. The van der Waals surface area contributed by atoms with Gasteiger partial charge in [0, 0.05) is 26.2 Å². The predicted octanol–water partition coefficient (Wildman–Crippen LogP) is 3.64. The molecule has 1 atom stereocenters. The third-order valence-electron chi connectivity index (χ3n) is 3.22. The molecule has 1 aromatic carbocycles. The molecule has 0 radical (unpaired) electrons. The summed E-state index contributed by atoms with van der Waals surface area (Å²) in [6, 6.07) is 3.56. The van der Waals surface area contributed by atoms with Crippen LogP contribution >= 0.6 is 24.8 Å². The van der Waals surface area contributed by atoms with E-state index in [1.165, 1.54) is 12.1 Å². The van der Waals surface area contributed by atoms with Crippen LogP contribution in [0.2, 0.25) is 0 Å². The lowest BCUT2D eigenvalue weighted by Crippen LogP contribution is -2.46. The van der Waals surface area contributed by atoms with Crippen molar-refractivity contribution in [2.24, 2.45) is 0 Å². The lowest BCUT2D eigenvalue weighted by atomic mass is 10.0. The van der Waals surface area contributed by atoms with E-state index in [9.17, 15) is 22.0 Å². The van der Waals surface area contributed by atoms with E-state index in [0.717, 1.165) is 12.1 Å². The van der Waals surface area contributed by atoms with E-state index in [1.807, 2.05) is 0 Å². The van der Waals surface area contributed by atoms with Crippen LogP contribution < -0.4 is 10.1 Å². The lowest BCUT2D eigenvalue weighted by molar-refractivity contribution is -0.274. The average molecular weight is 383 g/mol. The molecule has 0 unspecified atom stereocenters. The Hall–Kier alpha value is -0.830. The fourth-order valence-corrected chi connectivity index (χ4v) is 2.37. The van der Waals surface area contributed by atoms with Gasteiger partial charge in [-0.3, -0.25) is 4.90 Å². The molecule has 0 aromatic heterocycles. The van der Waals surface area contributed by atoms with E-state index in [-0.39, 0.29) is 30.4 Å². The van der Waals surface area contributed by atoms with E-state index in [1.54, 1.807) is 4.90 Å². The van der Waals surface area contributed by atoms with Crippen molar-refractivity contribution in [3.8, 4) is 5.75 Å². The van der Waals surface area contributed by atoms with Crippen molar-refractivity contribution in [1.29, 1.82) is 0 Å². The van der Waals surface area contributed by atoms with Gasteiger partial charge < -0.3 is 10.1 Å². The van der Waals surface area contributed by atoms with Crippen molar-refractivity contribution in [3.63, 3.8) is 0 Å². The minimum atomic E-state index is -4.84. The molecule has 1 aromatic rings. The summed E-state index contributed by atoms with van der Waals surface area (Å²) in [5, 5.41) is 3.04. The topological polar surface area (TPSA) is 24.5 Å². The number of piperazine rings is 1. The first-order valence-corrected chi connectivity index (χ1v) is 6.45. The van der Waals surface area contributed by atoms with Crippen LogP contribution in [0.5, 0.6) is 5.75 Å². The molecule has 23 heavy (non-hydrogen) atoms. The molecule has 1 N–H and O–H groups in total. The molecule has 1 heterocycles. The SMILES string of the molecule is Cl.Cl.FC(F)[C@@H](c1cccc(OC(F)(F)F)c1)N1CCNCC1. The number of halogens is 7. The van der Waals surface area contributed by atoms with E-state index < -0.39 is 24.6 Å². The monoisotopic (exact) mass is 382 g/mol. The van der Waals surface area contributed by atoms with E-state index in [4.69, 9.17) is 0 Å². The average Bonchev–Trinajstić information content (AvgIpc) is 2.38. The molecule has 1 aliphatic heterocycles. The first-order valence-electron chi connectivity index (χ1n) is 6.45. The van der Waals surface area contributed by atoms with E-state index >= 15 is 0 Å². The predicted molar refractivity (Wildman–Crippen MR) is 80.8 cm³/mol. The molecular weight excluding hydrogens is 366 g/mol. The Bertz CT molecular complexity index is 470. The highest BCUT2D eigenvalue weighted by Crippen LogP contribution is 2.31. The molecule has 0 spiro atoms. The second-order valence-electron chi connectivity index (χ2n) is 4.69. The number of ether oxygens (including phenoxy) is 1. The Kier molecular flexibility index (Phi) is 9.12. The van der Waals surface area contributed by atoms with Crippen molar-refractivity contribution in [1.82, 2.24) is 10.2 Å². The highest BCUT2D eigenvalue weighted by molar-refractivity contribution is 5.85.